The number of rotatable bonds is 7. The molecule has 1 nitrogen and oxygen atoms in total. The fourth-order valence-corrected chi connectivity index (χ4v) is 5.21. The van der Waals surface area contributed by atoms with Crippen molar-refractivity contribution in [2.45, 2.75) is 64.7 Å². The highest BCUT2D eigenvalue weighted by Crippen LogP contribution is 2.35. The highest BCUT2D eigenvalue weighted by Gasteiger charge is 2.31. The maximum Gasteiger partial charge on any atom is 0.573 e. The molecule has 1 fully saturated rings. The molecule has 0 spiro atoms. The number of ether oxygens (including phenoxy) is 1. The van der Waals surface area contributed by atoms with E-state index in [1.54, 1.807) is 6.07 Å². The molecule has 34 heavy (non-hydrogen) atoms. The van der Waals surface area contributed by atoms with E-state index in [1.165, 1.54) is 81.0 Å². The molecular weight excluding hydrogens is 447 g/mol. The molecule has 0 bridgehead atoms. The quantitative estimate of drug-likeness (QED) is 0.309. The van der Waals surface area contributed by atoms with Crippen molar-refractivity contribution >= 4 is 10.8 Å². The van der Waals surface area contributed by atoms with Crippen molar-refractivity contribution in [2.24, 2.45) is 11.8 Å². The molecule has 0 saturated heterocycles. The van der Waals surface area contributed by atoms with E-state index in [4.69, 9.17) is 0 Å². The first kappa shape index (κ1) is 24.5. The second-order valence-electron chi connectivity index (χ2n) is 9.42. The zero-order valence-corrected chi connectivity index (χ0v) is 19.2. The summed E-state index contributed by atoms with van der Waals surface area (Å²) in [7, 11) is 0. The highest BCUT2D eigenvalue weighted by molar-refractivity contribution is 5.88. The standard InChI is InChI=1S/C28H29F5O/c1-2-3-18-4-6-19(7-5-18)8-9-20-14-25(29)27(26(30)15-20)23-11-10-22-17-24(34-28(31,32)33)13-12-21(22)16-23/h10-19H,2-9H2,1H3. The molecule has 1 aliphatic carbocycles. The Balaban J connectivity index is 1.46. The lowest BCUT2D eigenvalue weighted by Crippen LogP contribution is -2.16. The SMILES string of the molecule is CCCC1CCC(CCc2cc(F)c(-c3ccc4cc(OC(F)(F)F)ccc4c3)c(F)c2)CC1. The molecule has 3 aromatic carbocycles. The van der Waals surface area contributed by atoms with Crippen molar-refractivity contribution in [3.05, 3.63) is 65.7 Å². The van der Waals surface area contributed by atoms with Crippen molar-refractivity contribution < 1.29 is 26.7 Å². The number of aryl methyl sites for hydroxylation is 1. The molecule has 0 unspecified atom stereocenters. The van der Waals surface area contributed by atoms with E-state index in [0.29, 0.717) is 34.2 Å². The normalized spacial score (nSPS) is 18.9. The lowest BCUT2D eigenvalue weighted by molar-refractivity contribution is -0.274. The van der Waals surface area contributed by atoms with E-state index in [9.17, 15) is 22.0 Å². The Hall–Kier alpha value is -2.63. The lowest BCUT2D eigenvalue weighted by Gasteiger charge is -2.28. The van der Waals surface area contributed by atoms with E-state index in [2.05, 4.69) is 11.7 Å². The third-order valence-electron chi connectivity index (χ3n) is 6.94. The Morgan fingerprint density at radius 1 is 0.794 bits per heavy atom. The first-order chi connectivity index (χ1) is 16.2. The van der Waals surface area contributed by atoms with Crippen LogP contribution in [0.3, 0.4) is 0 Å². The fraction of sp³-hybridized carbons (Fsp3) is 0.429. The lowest BCUT2D eigenvalue weighted by atomic mass is 9.78. The number of benzene rings is 3. The molecule has 182 valence electrons. The summed E-state index contributed by atoms with van der Waals surface area (Å²) in [4.78, 5) is 0. The molecule has 4 rings (SSSR count). The molecule has 0 N–H and O–H groups in total. The van der Waals surface area contributed by atoms with Crippen LogP contribution in [0.15, 0.2) is 48.5 Å². The molecule has 0 atom stereocenters. The zero-order chi connectivity index (χ0) is 24.3. The van der Waals surface area contributed by atoms with Crippen LogP contribution in [0, 0.1) is 23.5 Å². The van der Waals surface area contributed by atoms with Gasteiger partial charge >= 0.3 is 6.36 Å². The molecule has 1 saturated carbocycles. The van der Waals surface area contributed by atoms with Crippen molar-refractivity contribution in [3.63, 3.8) is 0 Å². The van der Waals surface area contributed by atoms with Crippen LogP contribution in [0.2, 0.25) is 0 Å². The molecule has 0 amide bonds. The van der Waals surface area contributed by atoms with E-state index in [0.717, 1.165) is 12.3 Å². The Kier molecular flexibility index (Phi) is 7.44. The summed E-state index contributed by atoms with van der Waals surface area (Å²) in [5.41, 5.74) is 0.873. The first-order valence-corrected chi connectivity index (χ1v) is 12.0. The highest BCUT2D eigenvalue weighted by atomic mass is 19.4. The summed E-state index contributed by atoms with van der Waals surface area (Å²) in [6.45, 7) is 2.22. The second kappa shape index (κ2) is 10.3. The molecule has 0 heterocycles. The average molecular weight is 477 g/mol. The Labute approximate surface area is 196 Å². The van der Waals surface area contributed by atoms with Gasteiger partial charge in [0.25, 0.3) is 0 Å². The largest absolute Gasteiger partial charge is 0.573 e. The van der Waals surface area contributed by atoms with E-state index in [-0.39, 0.29) is 11.3 Å². The average Bonchev–Trinajstić information content (AvgIpc) is 2.77. The van der Waals surface area contributed by atoms with Crippen molar-refractivity contribution in [2.75, 3.05) is 0 Å². The Morgan fingerprint density at radius 3 is 2.00 bits per heavy atom. The first-order valence-electron chi connectivity index (χ1n) is 12.0. The maximum atomic E-state index is 15.0. The minimum Gasteiger partial charge on any atom is -0.406 e. The Morgan fingerprint density at radius 2 is 1.38 bits per heavy atom. The van der Waals surface area contributed by atoms with Gasteiger partial charge in [-0.05, 0) is 76.9 Å². The number of fused-ring (bicyclic) bond motifs is 1. The van der Waals surface area contributed by atoms with Gasteiger partial charge < -0.3 is 4.74 Å². The maximum absolute atomic E-state index is 15.0. The number of hydrogen-bond acceptors (Lipinski definition) is 1. The molecule has 6 heteroatoms. The van der Waals surface area contributed by atoms with E-state index < -0.39 is 18.0 Å². The van der Waals surface area contributed by atoms with Crippen LogP contribution in [0.25, 0.3) is 21.9 Å². The van der Waals surface area contributed by atoms with Crippen molar-refractivity contribution in [1.82, 2.24) is 0 Å². The van der Waals surface area contributed by atoms with Gasteiger partial charge in [-0.25, -0.2) is 8.78 Å². The van der Waals surface area contributed by atoms with Gasteiger partial charge in [0.15, 0.2) is 0 Å². The van der Waals surface area contributed by atoms with Crippen molar-refractivity contribution in [1.29, 1.82) is 0 Å². The molecule has 0 aromatic heterocycles. The Bertz CT molecular complexity index is 1110. The van der Waals surface area contributed by atoms with Gasteiger partial charge in [-0.2, -0.15) is 0 Å². The smallest absolute Gasteiger partial charge is 0.406 e. The summed E-state index contributed by atoms with van der Waals surface area (Å²) in [5.74, 6) is -0.142. The summed E-state index contributed by atoms with van der Waals surface area (Å²) < 4.78 is 71.2. The molecule has 1 aliphatic rings. The topological polar surface area (TPSA) is 9.23 Å². The van der Waals surface area contributed by atoms with Gasteiger partial charge in [0.1, 0.15) is 17.4 Å². The molecule has 0 radical (unpaired) electrons. The van der Waals surface area contributed by atoms with Gasteiger partial charge in [0, 0.05) is 0 Å². The summed E-state index contributed by atoms with van der Waals surface area (Å²) in [6.07, 6.45) is 4.23. The molecule has 3 aromatic rings. The van der Waals surface area contributed by atoms with Gasteiger partial charge in [0.05, 0.1) is 5.56 Å². The third kappa shape index (κ3) is 6.08. The summed E-state index contributed by atoms with van der Waals surface area (Å²) in [5, 5.41) is 1.05. The monoisotopic (exact) mass is 476 g/mol. The third-order valence-corrected chi connectivity index (χ3v) is 6.94. The summed E-state index contributed by atoms with van der Waals surface area (Å²) >= 11 is 0. The van der Waals surface area contributed by atoms with E-state index >= 15 is 0 Å². The van der Waals surface area contributed by atoms with Crippen molar-refractivity contribution in [3.8, 4) is 16.9 Å². The van der Waals surface area contributed by atoms with Crippen LogP contribution >= 0.6 is 0 Å². The van der Waals surface area contributed by atoms with Gasteiger partial charge in [-0.1, -0.05) is 63.6 Å². The zero-order valence-electron chi connectivity index (χ0n) is 19.2. The van der Waals surface area contributed by atoms with Crippen LogP contribution in [0.1, 0.15) is 57.4 Å². The van der Waals surface area contributed by atoms with Crippen LogP contribution < -0.4 is 4.74 Å². The fourth-order valence-electron chi connectivity index (χ4n) is 5.21. The predicted molar refractivity (Wildman–Crippen MR) is 125 cm³/mol. The molecular formula is C28H29F5O. The summed E-state index contributed by atoms with van der Waals surface area (Å²) in [6, 6.07) is 11.3. The van der Waals surface area contributed by atoms with Crippen LogP contribution in [-0.2, 0) is 6.42 Å². The van der Waals surface area contributed by atoms with Gasteiger partial charge in [-0.15, -0.1) is 13.2 Å². The minimum absolute atomic E-state index is 0.124. The van der Waals surface area contributed by atoms with E-state index in [1.807, 2.05) is 0 Å². The van der Waals surface area contributed by atoms with Crippen LogP contribution in [0.4, 0.5) is 22.0 Å². The number of halogens is 5. The van der Waals surface area contributed by atoms with Gasteiger partial charge in [-0.3, -0.25) is 0 Å². The second-order valence-corrected chi connectivity index (χ2v) is 9.42. The predicted octanol–water partition coefficient (Wildman–Crippen LogP) is 9.22. The van der Waals surface area contributed by atoms with Crippen LogP contribution in [-0.4, -0.2) is 6.36 Å². The number of hydrogen-bond donors (Lipinski definition) is 0. The minimum atomic E-state index is -4.78. The number of alkyl halides is 3. The van der Waals surface area contributed by atoms with Crippen LogP contribution in [0.5, 0.6) is 5.75 Å². The molecule has 0 aliphatic heterocycles. The van der Waals surface area contributed by atoms with Gasteiger partial charge in [0.2, 0.25) is 0 Å².